The molecule has 0 radical (unpaired) electrons. The highest BCUT2D eigenvalue weighted by Crippen LogP contribution is 2.44. The predicted octanol–water partition coefficient (Wildman–Crippen LogP) is 2.74. The number of nitrogens with one attached hydrogen (secondary N) is 2. The second-order valence-electron chi connectivity index (χ2n) is 5.14. The second kappa shape index (κ2) is 6.23. The summed E-state index contributed by atoms with van der Waals surface area (Å²) in [6, 6.07) is 3.58. The van der Waals surface area contributed by atoms with Gasteiger partial charge in [-0.1, -0.05) is 0 Å². The Balaban J connectivity index is 1.93. The summed E-state index contributed by atoms with van der Waals surface area (Å²) >= 11 is 1.59. The first-order valence-electron chi connectivity index (χ1n) is 7.12. The molecular weight excluding hydrogens is 298 g/mol. The molecule has 1 fully saturated rings. The quantitative estimate of drug-likeness (QED) is 0.672. The highest BCUT2D eigenvalue weighted by atomic mass is 32.1. The molecular formula is C15H17N5OS. The maximum Gasteiger partial charge on any atom is 0.334 e. The lowest BCUT2D eigenvalue weighted by atomic mass is 10.2. The van der Waals surface area contributed by atoms with Crippen LogP contribution in [0.15, 0.2) is 29.6 Å². The smallest absolute Gasteiger partial charge is 0.334 e. The Morgan fingerprint density at radius 2 is 2.27 bits per heavy atom. The largest absolute Gasteiger partial charge is 0.340 e. The van der Waals surface area contributed by atoms with Crippen LogP contribution in [-0.2, 0) is 0 Å². The number of aromatic nitrogens is 2. The lowest BCUT2D eigenvalue weighted by molar-refractivity contribution is 0.243. The van der Waals surface area contributed by atoms with Crippen molar-refractivity contribution in [3.63, 3.8) is 0 Å². The van der Waals surface area contributed by atoms with Crippen LogP contribution in [0.2, 0.25) is 0 Å². The first-order valence-corrected chi connectivity index (χ1v) is 7.94. The fraction of sp³-hybridized carbons (Fsp3) is 0.333. The number of carbonyl (C=O) groups is 1. The minimum absolute atomic E-state index is 0.329. The van der Waals surface area contributed by atoms with Gasteiger partial charge in [-0.3, -0.25) is 4.98 Å². The maximum atomic E-state index is 11.3. The van der Waals surface area contributed by atoms with Gasteiger partial charge in [0, 0.05) is 30.9 Å². The van der Waals surface area contributed by atoms with E-state index in [4.69, 9.17) is 4.98 Å². The van der Waals surface area contributed by atoms with Gasteiger partial charge in [0.15, 0.2) is 0 Å². The van der Waals surface area contributed by atoms with E-state index in [0.29, 0.717) is 5.92 Å². The zero-order valence-corrected chi connectivity index (χ0v) is 13.3. The van der Waals surface area contributed by atoms with Crippen molar-refractivity contribution in [2.75, 3.05) is 7.05 Å². The Morgan fingerprint density at radius 1 is 1.45 bits per heavy atom. The molecule has 2 aromatic heterocycles. The van der Waals surface area contributed by atoms with Crippen LogP contribution < -0.4 is 10.7 Å². The number of hydrogen-bond acceptors (Lipinski definition) is 5. The molecule has 2 heterocycles. The molecule has 1 aliphatic rings. The third-order valence-electron chi connectivity index (χ3n) is 3.41. The molecule has 1 aliphatic carbocycles. The van der Waals surface area contributed by atoms with Crippen molar-refractivity contribution >= 4 is 23.1 Å². The van der Waals surface area contributed by atoms with Crippen LogP contribution in [0, 0.1) is 0 Å². The summed E-state index contributed by atoms with van der Waals surface area (Å²) in [4.78, 5) is 21.2. The molecule has 1 saturated carbocycles. The van der Waals surface area contributed by atoms with Crippen LogP contribution in [0.25, 0.3) is 10.6 Å². The maximum absolute atomic E-state index is 11.3. The van der Waals surface area contributed by atoms with Crippen LogP contribution >= 0.6 is 11.3 Å². The highest BCUT2D eigenvalue weighted by molar-refractivity contribution is 7.17. The third-order valence-corrected chi connectivity index (χ3v) is 4.64. The topological polar surface area (TPSA) is 79.3 Å². The van der Waals surface area contributed by atoms with Gasteiger partial charge in [0.05, 0.1) is 16.3 Å². The fourth-order valence-electron chi connectivity index (χ4n) is 2.08. The molecule has 7 heteroatoms. The first kappa shape index (κ1) is 14.6. The van der Waals surface area contributed by atoms with Crippen molar-refractivity contribution in [3.8, 4) is 10.6 Å². The molecule has 2 N–H and O–H groups in total. The van der Waals surface area contributed by atoms with Gasteiger partial charge >= 0.3 is 6.03 Å². The van der Waals surface area contributed by atoms with E-state index in [1.165, 1.54) is 12.8 Å². The van der Waals surface area contributed by atoms with E-state index in [0.717, 1.165) is 26.9 Å². The molecule has 0 aliphatic heterocycles. The number of nitrogens with zero attached hydrogens (tertiary/aromatic N) is 3. The Kier molecular flexibility index (Phi) is 4.15. The molecule has 3 rings (SSSR count). The Morgan fingerprint density at radius 3 is 2.91 bits per heavy atom. The number of pyridine rings is 1. The van der Waals surface area contributed by atoms with Crippen molar-refractivity contribution in [1.82, 2.24) is 20.7 Å². The lowest BCUT2D eigenvalue weighted by Crippen LogP contribution is -2.29. The van der Waals surface area contributed by atoms with Gasteiger partial charge in [-0.25, -0.2) is 15.2 Å². The summed E-state index contributed by atoms with van der Waals surface area (Å²) < 4.78 is 0. The normalized spacial score (nSPS) is 14.7. The molecule has 0 aromatic carbocycles. The van der Waals surface area contributed by atoms with E-state index in [1.807, 2.05) is 25.3 Å². The first-order chi connectivity index (χ1) is 10.7. The van der Waals surface area contributed by atoms with E-state index in [1.54, 1.807) is 24.6 Å². The van der Waals surface area contributed by atoms with Crippen LogP contribution in [0.1, 0.15) is 36.3 Å². The highest BCUT2D eigenvalue weighted by Gasteiger charge is 2.30. The molecule has 0 spiro atoms. The molecule has 22 heavy (non-hydrogen) atoms. The average molecular weight is 315 g/mol. The molecule has 6 nitrogen and oxygen atoms in total. The summed E-state index contributed by atoms with van der Waals surface area (Å²) in [6.07, 6.45) is 5.90. The van der Waals surface area contributed by atoms with Crippen LogP contribution in [0.4, 0.5) is 4.79 Å². The van der Waals surface area contributed by atoms with E-state index in [9.17, 15) is 4.79 Å². The second-order valence-corrected chi connectivity index (χ2v) is 6.14. The van der Waals surface area contributed by atoms with E-state index in [-0.39, 0.29) is 6.03 Å². The SMILES string of the molecule is CNC(=O)NN=C(C)c1sc(-c2cccnc2)nc1C1CC1. The van der Waals surface area contributed by atoms with Crippen LogP contribution in [-0.4, -0.2) is 28.8 Å². The molecule has 2 aromatic rings. The summed E-state index contributed by atoms with van der Waals surface area (Å²) in [5, 5.41) is 7.57. The number of rotatable bonds is 4. The van der Waals surface area contributed by atoms with Crippen molar-refractivity contribution in [1.29, 1.82) is 0 Å². The summed E-state index contributed by atoms with van der Waals surface area (Å²) in [7, 11) is 1.56. The number of amides is 2. The van der Waals surface area contributed by atoms with Gasteiger partial charge in [0.25, 0.3) is 0 Å². The van der Waals surface area contributed by atoms with E-state index < -0.39 is 0 Å². The Labute approximate surface area is 132 Å². The summed E-state index contributed by atoms with van der Waals surface area (Å²) in [5.41, 5.74) is 5.34. The van der Waals surface area contributed by atoms with Gasteiger partial charge in [-0.2, -0.15) is 5.10 Å². The minimum atomic E-state index is -0.329. The predicted molar refractivity (Wildman–Crippen MR) is 87.1 cm³/mol. The monoisotopic (exact) mass is 315 g/mol. The number of thiazole rings is 1. The van der Waals surface area contributed by atoms with Gasteiger partial charge in [-0.05, 0) is 31.9 Å². The van der Waals surface area contributed by atoms with Gasteiger partial charge in [0.2, 0.25) is 0 Å². The van der Waals surface area contributed by atoms with Gasteiger partial charge < -0.3 is 5.32 Å². The molecule has 0 unspecified atom stereocenters. The number of hydrazone groups is 1. The average Bonchev–Trinajstić information content (AvgIpc) is 3.31. The van der Waals surface area contributed by atoms with E-state index in [2.05, 4.69) is 20.8 Å². The summed E-state index contributed by atoms with van der Waals surface area (Å²) in [5.74, 6) is 0.516. The van der Waals surface area contributed by atoms with Crippen molar-refractivity contribution in [2.24, 2.45) is 5.10 Å². The molecule has 0 saturated heterocycles. The fourth-order valence-corrected chi connectivity index (χ4v) is 3.16. The summed E-state index contributed by atoms with van der Waals surface area (Å²) in [6.45, 7) is 1.89. The molecule has 0 atom stereocenters. The van der Waals surface area contributed by atoms with Crippen molar-refractivity contribution in [2.45, 2.75) is 25.7 Å². The zero-order chi connectivity index (χ0) is 15.5. The Hall–Kier alpha value is -2.28. The van der Waals surface area contributed by atoms with Crippen molar-refractivity contribution < 1.29 is 4.79 Å². The minimum Gasteiger partial charge on any atom is -0.340 e. The molecule has 114 valence electrons. The lowest BCUT2D eigenvalue weighted by Gasteiger charge is -2.01. The van der Waals surface area contributed by atoms with Gasteiger partial charge in [-0.15, -0.1) is 11.3 Å². The Bertz CT molecular complexity index is 706. The number of hydrogen-bond donors (Lipinski definition) is 2. The number of urea groups is 1. The van der Waals surface area contributed by atoms with Crippen LogP contribution in [0.5, 0.6) is 0 Å². The third kappa shape index (κ3) is 3.14. The molecule has 0 bridgehead atoms. The van der Waals surface area contributed by atoms with Gasteiger partial charge in [0.1, 0.15) is 5.01 Å². The van der Waals surface area contributed by atoms with E-state index >= 15 is 0 Å². The number of carbonyl (C=O) groups excluding carboxylic acids is 1. The zero-order valence-electron chi connectivity index (χ0n) is 12.5. The van der Waals surface area contributed by atoms with Crippen LogP contribution in [0.3, 0.4) is 0 Å². The molecule has 2 amide bonds. The standard InChI is InChI=1S/C15H17N5OS/c1-9(19-20-15(21)16-2)13-12(10-5-6-10)18-14(22-13)11-4-3-7-17-8-11/h3-4,7-8,10H,5-6H2,1-2H3,(H2,16,20,21). The van der Waals surface area contributed by atoms with Crippen molar-refractivity contribution in [3.05, 3.63) is 35.1 Å².